The van der Waals surface area contributed by atoms with Crippen LogP contribution in [0.4, 0.5) is 11.6 Å². The van der Waals surface area contributed by atoms with Gasteiger partial charge in [0.1, 0.15) is 24.5 Å². The molecule has 0 unspecified atom stereocenters. The Bertz CT molecular complexity index is 1200. The summed E-state index contributed by atoms with van der Waals surface area (Å²) < 4.78 is 11.1. The van der Waals surface area contributed by atoms with Crippen LogP contribution >= 0.6 is 0 Å². The lowest BCUT2D eigenvalue weighted by Crippen LogP contribution is -2.36. The van der Waals surface area contributed by atoms with E-state index >= 15 is 0 Å². The van der Waals surface area contributed by atoms with E-state index in [0.717, 1.165) is 42.2 Å². The lowest BCUT2D eigenvalue weighted by molar-refractivity contribution is -0.155. The van der Waals surface area contributed by atoms with Crippen LogP contribution in [-0.2, 0) is 9.53 Å². The van der Waals surface area contributed by atoms with Crippen LogP contribution in [0.3, 0.4) is 0 Å². The Morgan fingerprint density at radius 3 is 2.08 bits per heavy atom. The van der Waals surface area contributed by atoms with E-state index < -0.39 is 11.6 Å². The van der Waals surface area contributed by atoms with Crippen molar-refractivity contribution in [2.45, 2.75) is 40.2 Å². The van der Waals surface area contributed by atoms with E-state index in [1.54, 1.807) is 52.3 Å². The molecular formula is C30H39N5O4. The van der Waals surface area contributed by atoms with Crippen LogP contribution in [0.1, 0.15) is 45.0 Å². The van der Waals surface area contributed by atoms with Crippen LogP contribution in [0.5, 0.6) is 5.75 Å². The zero-order valence-electron chi connectivity index (χ0n) is 23.7. The minimum atomic E-state index is -0.597. The molecule has 0 spiro atoms. The quantitative estimate of drug-likeness (QED) is 0.324. The molecule has 2 aromatic carbocycles. The molecule has 3 aromatic rings. The molecule has 0 aliphatic carbocycles. The summed E-state index contributed by atoms with van der Waals surface area (Å²) >= 11 is 0. The number of likely N-dealkylation sites (N-methyl/N-ethyl adjacent to an activating group) is 2. The molecule has 3 rings (SSSR count). The van der Waals surface area contributed by atoms with Gasteiger partial charge in [0.05, 0.1) is 0 Å². The summed E-state index contributed by atoms with van der Waals surface area (Å²) in [6.07, 6.45) is 3.46. The minimum Gasteiger partial charge on any atom is -0.492 e. The highest BCUT2D eigenvalue weighted by Gasteiger charge is 2.20. The Morgan fingerprint density at radius 1 is 0.897 bits per heavy atom. The topological polar surface area (TPSA) is 96.9 Å². The molecule has 1 N–H and O–H groups in total. The fraction of sp³-hybridized carbons (Fsp3) is 0.400. The Morgan fingerprint density at radius 2 is 1.51 bits per heavy atom. The van der Waals surface area contributed by atoms with Gasteiger partial charge in [0, 0.05) is 42.8 Å². The van der Waals surface area contributed by atoms with Crippen molar-refractivity contribution in [1.82, 2.24) is 19.8 Å². The van der Waals surface area contributed by atoms with E-state index in [9.17, 15) is 9.59 Å². The fourth-order valence-corrected chi connectivity index (χ4v) is 3.80. The molecule has 1 aromatic heterocycles. The molecule has 1 heterocycles. The van der Waals surface area contributed by atoms with Gasteiger partial charge in [0.2, 0.25) is 5.95 Å². The summed E-state index contributed by atoms with van der Waals surface area (Å²) in [5, 5.41) is 3.19. The van der Waals surface area contributed by atoms with Crippen molar-refractivity contribution < 1.29 is 19.1 Å². The van der Waals surface area contributed by atoms with Gasteiger partial charge in [-0.3, -0.25) is 9.59 Å². The molecule has 1 amide bonds. The van der Waals surface area contributed by atoms with E-state index in [1.165, 1.54) is 4.90 Å². The van der Waals surface area contributed by atoms with Crippen LogP contribution in [0.25, 0.3) is 11.1 Å². The first kappa shape index (κ1) is 29.6. The number of benzene rings is 2. The lowest BCUT2D eigenvalue weighted by Gasteiger charge is -2.22. The highest BCUT2D eigenvalue weighted by atomic mass is 16.6. The number of amides is 1. The van der Waals surface area contributed by atoms with E-state index in [1.807, 2.05) is 36.4 Å². The van der Waals surface area contributed by atoms with Gasteiger partial charge < -0.3 is 24.6 Å². The average Bonchev–Trinajstić information content (AvgIpc) is 2.91. The number of hydrogen-bond donors (Lipinski definition) is 1. The summed E-state index contributed by atoms with van der Waals surface area (Å²) in [4.78, 5) is 37.3. The highest BCUT2D eigenvalue weighted by molar-refractivity contribution is 5.96. The van der Waals surface area contributed by atoms with Gasteiger partial charge in [0.25, 0.3) is 5.91 Å². The number of aromatic nitrogens is 2. The number of carbonyl (C=O) groups is 2. The van der Waals surface area contributed by atoms with Crippen LogP contribution in [0.15, 0.2) is 60.9 Å². The molecule has 9 nitrogen and oxygen atoms in total. The summed E-state index contributed by atoms with van der Waals surface area (Å²) in [6.45, 7) is 13.1. The zero-order chi connectivity index (χ0) is 28.4. The van der Waals surface area contributed by atoms with Gasteiger partial charge in [-0.15, -0.1) is 0 Å². The number of anilines is 2. The van der Waals surface area contributed by atoms with Crippen molar-refractivity contribution in [2.75, 3.05) is 45.2 Å². The Balaban J connectivity index is 1.53. The van der Waals surface area contributed by atoms with Gasteiger partial charge >= 0.3 is 5.97 Å². The SMILES string of the molecule is CCN(CC)CCOc1ccc(Nc2ncc(-c3ccc(C(=O)N(C)CC(=O)OC(C)(C)C)cc3)cn2)cc1. The lowest BCUT2D eigenvalue weighted by atomic mass is 10.1. The molecule has 39 heavy (non-hydrogen) atoms. The van der Waals surface area contributed by atoms with Crippen LogP contribution in [0, 0.1) is 0 Å². The first-order valence-corrected chi connectivity index (χ1v) is 13.2. The maximum atomic E-state index is 12.7. The largest absolute Gasteiger partial charge is 0.492 e. The van der Waals surface area contributed by atoms with Crippen molar-refractivity contribution in [3.05, 3.63) is 66.5 Å². The second kappa shape index (κ2) is 13.7. The third kappa shape index (κ3) is 9.37. The molecule has 208 valence electrons. The smallest absolute Gasteiger partial charge is 0.326 e. The van der Waals surface area contributed by atoms with E-state index in [4.69, 9.17) is 9.47 Å². The van der Waals surface area contributed by atoms with Gasteiger partial charge in [-0.25, -0.2) is 9.97 Å². The monoisotopic (exact) mass is 533 g/mol. The number of rotatable bonds is 12. The van der Waals surface area contributed by atoms with Gasteiger partial charge in [0.15, 0.2) is 0 Å². The van der Waals surface area contributed by atoms with Crippen molar-refractivity contribution in [3.8, 4) is 16.9 Å². The normalized spacial score (nSPS) is 11.3. The van der Waals surface area contributed by atoms with Crippen molar-refractivity contribution in [3.63, 3.8) is 0 Å². The molecule has 0 aliphatic rings. The number of nitrogens with one attached hydrogen (secondary N) is 1. The molecular weight excluding hydrogens is 494 g/mol. The number of carbonyl (C=O) groups excluding carboxylic acids is 2. The number of hydrogen-bond acceptors (Lipinski definition) is 8. The molecule has 0 aliphatic heterocycles. The third-order valence-corrected chi connectivity index (χ3v) is 5.93. The number of ether oxygens (including phenoxy) is 2. The van der Waals surface area contributed by atoms with Crippen molar-refractivity contribution >= 4 is 23.5 Å². The molecule has 0 bridgehead atoms. The summed E-state index contributed by atoms with van der Waals surface area (Å²) in [5.74, 6) is 0.589. The van der Waals surface area contributed by atoms with E-state index in [0.29, 0.717) is 18.1 Å². The molecule has 9 heteroatoms. The third-order valence-electron chi connectivity index (χ3n) is 5.93. The summed E-state index contributed by atoms with van der Waals surface area (Å²) in [5.41, 5.74) is 2.43. The number of nitrogens with zero attached hydrogens (tertiary/aromatic N) is 4. The summed E-state index contributed by atoms with van der Waals surface area (Å²) in [7, 11) is 1.58. The minimum absolute atomic E-state index is 0.118. The predicted octanol–water partition coefficient (Wildman–Crippen LogP) is 5.02. The van der Waals surface area contributed by atoms with Gasteiger partial charge in [-0.1, -0.05) is 26.0 Å². The first-order valence-electron chi connectivity index (χ1n) is 13.2. The Kier molecular flexibility index (Phi) is 10.4. The molecule has 0 atom stereocenters. The van der Waals surface area contributed by atoms with Crippen LogP contribution in [-0.4, -0.2) is 77.1 Å². The molecule has 0 saturated heterocycles. The highest BCUT2D eigenvalue weighted by Crippen LogP contribution is 2.22. The Hall–Kier alpha value is -3.98. The fourth-order valence-electron chi connectivity index (χ4n) is 3.80. The van der Waals surface area contributed by atoms with Crippen LogP contribution < -0.4 is 10.1 Å². The standard InChI is InChI=1S/C30H39N5O4/c1-7-35(8-2)17-18-38-26-15-13-25(14-16-26)33-29-31-19-24(20-32-29)22-9-11-23(12-10-22)28(37)34(6)21-27(36)39-30(3,4)5/h9-16,19-20H,7-8,17-18,21H2,1-6H3,(H,31,32,33). The van der Waals surface area contributed by atoms with E-state index in [-0.39, 0.29) is 12.5 Å². The van der Waals surface area contributed by atoms with Crippen molar-refractivity contribution in [1.29, 1.82) is 0 Å². The molecule has 0 radical (unpaired) electrons. The first-order chi connectivity index (χ1) is 18.6. The summed E-state index contributed by atoms with van der Waals surface area (Å²) in [6, 6.07) is 14.8. The predicted molar refractivity (Wildman–Crippen MR) is 153 cm³/mol. The maximum Gasteiger partial charge on any atom is 0.326 e. The number of esters is 1. The zero-order valence-corrected chi connectivity index (χ0v) is 23.7. The second-order valence-corrected chi connectivity index (χ2v) is 10.1. The van der Waals surface area contributed by atoms with Gasteiger partial charge in [-0.05, 0) is 75.8 Å². The average molecular weight is 534 g/mol. The second-order valence-electron chi connectivity index (χ2n) is 10.1. The molecule has 0 saturated carbocycles. The molecule has 0 fully saturated rings. The Labute approximate surface area is 231 Å². The van der Waals surface area contributed by atoms with Crippen LogP contribution in [0.2, 0.25) is 0 Å². The van der Waals surface area contributed by atoms with Crippen molar-refractivity contribution in [2.24, 2.45) is 0 Å². The maximum absolute atomic E-state index is 12.7. The van der Waals surface area contributed by atoms with Gasteiger partial charge in [-0.2, -0.15) is 0 Å². The van der Waals surface area contributed by atoms with E-state index in [2.05, 4.69) is 34.0 Å².